The van der Waals surface area contributed by atoms with Crippen LogP contribution in [0.1, 0.15) is 11.1 Å². The molecular formula is C19H17N3O. The molecule has 0 aliphatic rings. The molecule has 0 saturated carbocycles. The van der Waals surface area contributed by atoms with Gasteiger partial charge in [0.05, 0.1) is 11.8 Å². The zero-order chi connectivity index (χ0) is 16.0. The molecule has 0 spiro atoms. The molecule has 0 radical (unpaired) electrons. The molecule has 0 aliphatic heterocycles. The highest BCUT2D eigenvalue weighted by Gasteiger charge is 2.15. The van der Waals surface area contributed by atoms with Gasteiger partial charge in [-0.2, -0.15) is 0 Å². The maximum Gasteiger partial charge on any atom is 0.277 e. The molecule has 2 heterocycles. The Morgan fingerprint density at radius 2 is 1.87 bits per heavy atom. The lowest BCUT2D eigenvalue weighted by Gasteiger charge is -2.07. The van der Waals surface area contributed by atoms with Gasteiger partial charge in [-0.25, -0.2) is 4.98 Å². The Hall–Kier alpha value is -2.88. The van der Waals surface area contributed by atoms with Crippen LogP contribution in [-0.4, -0.2) is 14.1 Å². The third-order valence-electron chi connectivity index (χ3n) is 4.26. The SMILES string of the molecule is Cc1ccc2c(c1)c1ncn(C)c(=O)c1n2Cc1ccccc1. The van der Waals surface area contributed by atoms with Crippen molar-refractivity contribution < 1.29 is 0 Å². The maximum absolute atomic E-state index is 12.7. The van der Waals surface area contributed by atoms with Crippen LogP contribution in [0.15, 0.2) is 59.7 Å². The standard InChI is InChI=1S/C19H17N3O/c1-13-8-9-16-15(10-13)17-18(19(23)21(2)12-20-17)22(16)11-14-6-4-3-5-7-14/h3-10,12H,11H2,1-2H3. The highest BCUT2D eigenvalue weighted by atomic mass is 16.1. The van der Waals surface area contributed by atoms with E-state index in [9.17, 15) is 4.79 Å². The number of hydrogen-bond donors (Lipinski definition) is 0. The van der Waals surface area contributed by atoms with Gasteiger partial charge in [-0.1, -0.05) is 42.0 Å². The van der Waals surface area contributed by atoms with Crippen molar-refractivity contribution in [2.24, 2.45) is 7.05 Å². The first kappa shape index (κ1) is 13.8. The summed E-state index contributed by atoms with van der Waals surface area (Å²) in [4.78, 5) is 17.2. The predicted octanol–water partition coefficient (Wildman–Crippen LogP) is 3.24. The van der Waals surface area contributed by atoms with E-state index in [2.05, 4.69) is 46.8 Å². The minimum Gasteiger partial charge on any atom is -0.330 e. The molecule has 2 aromatic carbocycles. The molecule has 0 atom stereocenters. The molecular weight excluding hydrogens is 286 g/mol. The van der Waals surface area contributed by atoms with Gasteiger partial charge in [0.25, 0.3) is 5.56 Å². The normalized spacial score (nSPS) is 11.4. The van der Waals surface area contributed by atoms with Gasteiger partial charge in [-0.3, -0.25) is 4.79 Å². The lowest BCUT2D eigenvalue weighted by molar-refractivity contribution is 0.809. The van der Waals surface area contributed by atoms with Crippen LogP contribution in [0.25, 0.3) is 21.9 Å². The average molecular weight is 303 g/mol. The average Bonchev–Trinajstić information content (AvgIpc) is 2.86. The number of aryl methyl sites for hydroxylation is 2. The minimum absolute atomic E-state index is 0.0141. The summed E-state index contributed by atoms with van der Waals surface area (Å²) in [6.07, 6.45) is 1.60. The minimum atomic E-state index is -0.0141. The summed E-state index contributed by atoms with van der Waals surface area (Å²) < 4.78 is 3.62. The van der Waals surface area contributed by atoms with Crippen molar-refractivity contribution in [3.05, 3.63) is 76.3 Å². The van der Waals surface area contributed by atoms with E-state index < -0.39 is 0 Å². The van der Waals surface area contributed by atoms with E-state index in [1.54, 1.807) is 13.4 Å². The van der Waals surface area contributed by atoms with E-state index in [4.69, 9.17) is 0 Å². The van der Waals surface area contributed by atoms with Crippen LogP contribution in [0.3, 0.4) is 0 Å². The Morgan fingerprint density at radius 1 is 1.09 bits per heavy atom. The van der Waals surface area contributed by atoms with Crippen molar-refractivity contribution in [2.45, 2.75) is 13.5 Å². The number of benzene rings is 2. The van der Waals surface area contributed by atoms with Crippen LogP contribution in [0.4, 0.5) is 0 Å². The fourth-order valence-electron chi connectivity index (χ4n) is 3.09. The van der Waals surface area contributed by atoms with Gasteiger partial charge < -0.3 is 9.13 Å². The van der Waals surface area contributed by atoms with E-state index >= 15 is 0 Å². The fourth-order valence-corrected chi connectivity index (χ4v) is 3.09. The van der Waals surface area contributed by atoms with Gasteiger partial charge in [0.2, 0.25) is 0 Å². The number of nitrogens with zero attached hydrogens (tertiary/aromatic N) is 3. The van der Waals surface area contributed by atoms with E-state index in [1.165, 1.54) is 10.1 Å². The highest BCUT2D eigenvalue weighted by Crippen LogP contribution is 2.27. The van der Waals surface area contributed by atoms with Gasteiger partial charge in [-0.05, 0) is 24.6 Å². The molecule has 2 aromatic heterocycles. The Morgan fingerprint density at radius 3 is 2.65 bits per heavy atom. The van der Waals surface area contributed by atoms with Crippen molar-refractivity contribution in [2.75, 3.05) is 0 Å². The molecule has 0 bridgehead atoms. The Labute approximate surface area is 133 Å². The van der Waals surface area contributed by atoms with Crippen molar-refractivity contribution >= 4 is 21.9 Å². The molecule has 23 heavy (non-hydrogen) atoms. The second kappa shape index (κ2) is 5.09. The predicted molar refractivity (Wildman–Crippen MR) is 92.8 cm³/mol. The fraction of sp³-hybridized carbons (Fsp3) is 0.158. The first-order valence-electron chi connectivity index (χ1n) is 7.63. The first-order valence-corrected chi connectivity index (χ1v) is 7.63. The quantitative estimate of drug-likeness (QED) is 0.570. The van der Waals surface area contributed by atoms with Crippen molar-refractivity contribution in [3.8, 4) is 0 Å². The summed E-state index contributed by atoms with van der Waals surface area (Å²) in [5.41, 5.74) is 4.81. The zero-order valence-corrected chi connectivity index (χ0v) is 13.2. The number of hydrogen-bond acceptors (Lipinski definition) is 2. The topological polar surface area (TPSA) is 39.8 Å². The van der Waals surface area contributed by atoms with Crippen LogP contribution in [-0.2, 0) is 13.6 Å². The van der Waals surface area contributed by atoms with E-state index in [0.29, 0.717) is 12.1 Å². The second-order valence-corrected chi connectivity index (χ2v) is 5.95. The Bertz CT molecular complexity index is 1070. The molecule has 4 heteroatoms. The summed E-state index contributed by atoms with van der Waals surface area (Å²) in [7, 11) is 1.74. The monoisotopic (exact) mass is 303 g/mol. The summed E-state index contributed by atoms with van der Waals surface area (Å²) >= 11 is 0. The van der Waals surface area contributed by atoms with E-state index in [1.807, 2.05) is 18.2 Å². The van der Waals surface area contributed by atoms with Crippen molar-refractivity contribution in [1.82, 2.24) is 14.1 Å². The van der Waals surface area contributed by atoms with Gasteiger partial charge in [-0.15, -0.1) is 0 Å². The smallest absolute Gasteiger partial charge is 0.277 e. The Kier molecular flexibility index (Phi) is 3.05. The first-order chi connectivity index (χ1) is 11.1. The van der Waals surface area contributed by atoms with Crippen LogP contribution in [0.2, 0.25) is 0 Å². The third kappa shape index (κ3) is 2.14. The molecule has 114 valence electrons. The van der Waals surface area contributed by atoms with Crippen LogP contribution in [0.5, 0.6) is 0 Å². The second-order valence-electron chi connectivity index (χ2n) is 5.95. The van der Waals surface area contributed by atoms with Gasteiger partial charge in [0.1, 0.15) is 11.0 Å². The maximum atomic E-state index is 12.7. The number of aromatic nitrogens is 3. The van der Waals surface area contributed by atoms with Crippen LogP contribution >= 0.6 is 0 Å². The van der Waals surface area contributed by atoms with Gasteiger partial charge in [0.15, 0.2) is 0 Å². The largest absolute Gasteiger partial charge is 0.330 e. The summed E-state index contributed by atoms with van der Waals surface area (Å²) in [5.74, 6) is 0. The van der Waals surface area contributed by atoms with E-state index in [0.717, 1.165) is 22.0 Å². The van der Waals surface area contributed by atoms with Gasteiger partial charge >= 0.3 is 0 Å². The van der Waals surface area contributed by atoms with Crippen LogP contribution in [0, 0.1) is 6.92 Å². The zero-order valence-electron chi connectivity index (χ0n) is 13.2. The van der Waals surface area contributed by atoms with Crippen molar-refractivity contribution in [1.29, 1.82) is 0 Å². The summed E-state index contributed by atoms with van der Waals surface area (Å²) in [6, 6.07) is 16.4. The molecule has 0 unspecified atom stereocenters. The molecule has 4 nitrogen and oxygen atoms in total. The molecule has 0 fully saturated rings. The molecule has 4 aromatic rings. The van der Waals surface area contributed by atoms with E-state index in [-0.39, 0.29) is 5.56 Å². The summed E-state index contributed by atoms with van der Waals surface area (Å²) in [5, 5.41) is 1.04. The molecule has 0 N–H and O–H groups in total. The highest BCUT2D eigenvalue weighted by molar-refractivity contribution is 6.05. The lowest BCUT2D eigenvalue weighted by atomic mass is 10.1. The van der Waals surface area contributed by atoms with Gasteiger partial charge in [0, 0.05) is 19.0 Å². The molecule has 0 aliphatic carbocycles. The number of rotatable bonds is 2. The molecule has 0 amide bonds. The third-order valence-corrected chi connectivity index (χ3v) is 4.26. The summed E-state index contributed by atoms with van der Waals surface area (Å²) in [6.45, 7) is 2.71. The number of fused-ring (bicyclic) bond motifs is 3. The molecule has 4 rings (SSSR count). The Balaban J connectivity index is 2.10. The van der Waals surface area contributed by atoms with Crippen LogP contribution < -0.4 is 5.56 Å². The van der Waals surface area contributed by atoms with Crippen molar-refractivity contribution in [3.63, 3.8) is 0 Å². The molecule has 0 saturated heterocycles. The lowest BCUT2D eigenvalue weighted by Crippen LogP contribution is -2.19.